The van der Waals surface area contributed by atoms with Gasteiger partial charge in [-0.25, -0.2) is 0 Å². The molecule has 2 fully saturated rings. The van der Waals surface area contributed by atoms with Crippen LogP contribution in [-0.4, -0.2) is 0 Å². The average molecular weight is 200 g/mol. The molecule has 3 rings (SSSR count). The topological polar surface area (TPSA) is 0 Å². The third kappa shape index (κ3) is 1.27. The predicted molar refractivity (Wildman–Crippen MR) is 64.3 cm³/mol. The van der Waals surface area contributed by atoms with Crippen molar-refractivity contribution >= 4 is 0 Å². The molecule has 3 aliphatic carbocycles. The maximum absolute atomic E-state index is 3.99. The Morgan fingerprint density at radius 1 is 0.800 bits per heavy atom. The molecular formula is C15H20. The van der Waals surface area contributed by atoms with Gasteiger partial charge in [0.2, 0.25) is 0 Å². The summed E-state index contributed by atoms with van der Waals surface area (Å²) in [6.07, 6.45) is 13.4. The zero-order chi connectivity index (χ0) is 10.4. The van der Waals surface area contributed by atoms with Gasteiger partial charge in [0.25, 0.3) is 0 Å². The molecule has 6 unspecified atom stereocenters. The molecule has 0 heterocycles. The molecule has 2 saturated carbocycles. The standard InChI is InChI=1S/C15H20/c1-3-10-8-14-12-5-6-13(7-12)15(14)9-11(10)4-2/h3-6,10-15H,1-2,7-9H2. The van der Waals surface area contributed by atoms with Gasteiger partial charge in [-0.1, -0.05) is 24.3 Å². The van der Waals surface area contributed by atoms with E-state index in [9.17, 15) is 0 Å². The van der Waals surface area contributed by atoms with Gasteiger partial charge < -0.3 is 0 Å². The number of hydrogen-bond acceptors (Lipinski definition) is 0. The van der Waals surface area contributed by atoms with Gasteiger partial charge >= 0.3 is 0 Å². The van der Waals surface area contributed by atoms with Gasteiger partial charge in [0, 0.05) is 0 Å². The van der Waals surface area contributed by atoms with E-state index in [1.807, 2.05) is 0 Å². The fourth-order valence-corrected chi connectivity index (χ4v) is 4.25. The maximum atomic E-state index is 3.99. The Morgan fingerprint density at radius 3 is 1.67 bits per heavy atom. The SMILES string of the molecule is C=CC1CC2C3C=CC(C3)C2CC1C=C. The third-order valence-corrected chi connectivity index (χ3v) is 5.04. The molecule has 0 saturated heterocycles. The summed E-state index contributed by atoms with van der Waals surface area (Å²) < 4.78 is 0. The molecular weight excluding hydrogens is 180 g/mol. The van der Waals surface area contributed by atoms with Crippen molar-refractivity contribution in [1.82, 2.24) is 0 Å². The monoisotopic (exact) mass is 200 g/mol. The second-order valence-electron chi connectivity index (χ2n) is 5.55. The van der Waals surface area contributed by atoms with Crippen LogP contribution in [0.2, 0.25) is 0 Å². The Kier molecular flexibility index (Phi) is 2.12. The fourth-order valence-electron chi connectivity index (χ4n) is 4.25. The predicted octanol–water partition coefficient (Wildman–Crippen LogP) is 3.82. The number of hydrogen-bond donors (Lipinski definition) is 0. The van der Waals surface area contributed by atoms with Gasteiger partial charge in [-0.3, -0.25) is 0 Å². The molecule has 0 spiro atoms. The van der Waals surface area contributed by atoms with Gasteiger partial charge in [-0.2, -0.15) is 0 Å². The first-order chi connectivity index (χ1) is 7.33. The summed E-state index contributed by atoms with van der Waals surface area (Å²) in [4.78, 5) is 0. The van der Waals surface area contributed by atoms with Crippen molar-refractivity contribution in [1.29, 1.82) is 0 Å². The van der Waals surface area contributed by atoms with E-state index in [1.165, 1.54) is 19.3 Å². The molecule has 6 atom stereocenters. The van der Waals surface area contributed by atoms with Gasteiger partial charge in [0.1, 0.15) is 0 Å². The first-order valence-corrected chi connectivity index (χ1v) is 6.27. The smallest absolute Gasteiger partial charge is 0.0170 e. The van der Waals surface area contributed by atoms with E-state index < -0.39 is 0 Å². The molecule has 0 aromatic rings. The molecule has 15 heavy (non-hydrogen) atoms. The molecule has 0 aromatic heterocycles. The van der Waals surface area contributed by atoms with Crippen molar-refractivity contribution in [2.24, 2.45) is 35.5 Å². The second-order valence-corrected chi connectivity index (χ2v) is 5.55. The van der Waals surface area contributed by atoms with Crippen molar-refractivity contribution < 1.29 is 0 Å². The lowest BCUT2D eigenvalue weighted by molar-refractivity contribution is 0.153. The highest BCUT2D eigenvalue weighted by Gasteiger charge is 2.48. The van der Waals surface area contributed by atoms with E-state index >= 15 is 0 Å². The van der Waals surface area contributed by atoms with E-state index in [2.05, 4.69) is 37.5 Å². The summed E-state index contributed by atoms with van der Waals surface area (Å²) >= 11 is 0. The van der Waals surface area contributed by atoms with E-state index in [4.69, 9.17) is 0 Å². The van der Waals surface area contributed by atoms with Crippen LogP contribution in [-0.2, 0) is 0 Å². The molecule has 0 aliphatic heterocycles. The van der Waals surface area contributed by atoms with Crippen LogP contribution in [0.1, 0.15) is 19.3 Å². The van der Waals surface area contributed by atoms with Crippen LogP contribution in [0.3, 0.4) is 0 Å². The Labute approximate surface area is 92.8 Å². The highest BCUT2D eigenvalue weighted by molar-refractivity contribution is 5.17. The average Bonchev–Trinajstić information content (AvgIpc) is 2.88. The first kappa shape index (κ1) is 9.45. The minimum atomic E-state index is 0.691. The zero-order valence-corrected chi connectivity index (χ0v) is 9.31. The normalized spacial score (nSPS) is 51.5. The molecule has 0 radical (unpaired) electrons. The van der Waals surface area contributed by atoms with E-state index in [1.54, 1.807) is 0 Å². The van der Waals surface area contributed by atoms with Gasteiger partial charge in [0.05, 0.1) is 0 Å². The highest BCUT2D eigenvalue weighted by Crippen LogP contribution is 2.56. The van der Waals surface area contributed by atoms with E-state index in [0.29, 0.717) is 11.8 Å². The molecule has 0 heteroatoms. The maximum Gasteiger partial charge on any atom is -0.0170 e. The Balaban J connectivity index is 1.84. The Hall–Kier alpha value is -0.780. The second kappa shape index (κ2) is 3.37. The van der Waals surface area contributed by atoms with Crippen LogP contribution in [0.15, 0.2) is 37.5 Å². The van der Waals surface area contributed by atoms with Crippen molar-refractivity contribution in [2.75, 3.05) is 0 Å². The zero-order valence-electron chi connectivity index (χ0n) is 9.31. The molecule has 0 N–H and O–H groups in total. The van der Waals surface area contributed by atoms with Crippen molar-refractivity contribution in [2.45, 2.75) is 19.3 Å². The third-order valence-electron chi connectivity index (χ3n) is 5.04. The summed E-state index contributed by atoms with van der Waals surface area (Å²) in [7, 11) is 0. The number of rotatable bonds is 2. The summed E-state index contributed by atoms with van der Waals surface area (Å²) in [5.41, 5.74) is 0. The fraction of sp³-hybridized carbons (Fsp3) is 0.600. The summed E-state index contributed by atoms with van der Waals surface area (Å²) in [6.45, 7) is 7.99. The van der Waals surface area contributed by atoms with E-state index in [0.717, 1.165) is 23.7 Å². The lowest BCUT2D eigenvalue weighted by Crippen LogP contribution is -2.32. The van der Waals surface area contributed by atoms with Gasteiger partial charge in [-0.05, 0) is 54.8 Å². The van der Waals surface area contributed by atoms with Crippen LogP contribution in [0.5, 0.6) is 0 Å². The highest BCUT2D eigenvalue weighted by atomic mass is 14.5. The van der Waals surface area contributed by atoms with Crippen LogP contribution >= 0.6 is 0 Å². The lowest BCUT2D eigenvalue weighted by Gasteiger charge is -2.40. The summed E-state index contributed by atoms with van der Waals surface area (Å²) in [5, 5.41) is 0. The van der Waals surface area contributed by atoms with Crippen molar-refractivity contribution in [3.8, 4) is 0 Å². The molecule has 0 aromatic carbocycles. The van der Waals surface area contributed by atoms with Crippen molar-refractivity contribution in [3.63, 3.8) is 0 Å². The largest absolute Gasteiger partial charge is 0.103 e. The first-order valence-electron chi connectivity index (χ1n) is 6.27. The number of allylic oxidation sites excluding steroid dienone is 4. The Morgan fingerprint density at radius 2 is 1.27 bits per heavy atom. The van der Waals surface area contributed by atoms with Crippen LogP contribution < -0.4 is 0 Å². The number of fused-ring (bicyclic) bond motifs is 5. The molecule has 3 aliphatic rings. The van der Waals surface area contributed by atoms with Crippen LogP contribution in [0.25, 0.3) is 0 Å². The molecule has 2 bridgehead atoms. The van der Waals surface area contributed by atoms with Gasteiger partial charge in [0.15, 0.2) is 0 Å². The van der Waals surface area contributed by atoms with Crippen LogP contribution in [0, 0.1) is 35.5 Å². The lowest BCUT2D eigenvalue weighted by atomic mass is 9.65. The summed E-state index contributed by atoms with van der Waals surface area (Å²) in [6, 6.07) is 0. The summed E-state index contributed by atoms with van der Waals surface area (Å²) in [5.74, 6) is 5.09. The minimum absolute atomic E-state index is 0.691. The van der Waals surface area contributed by atoms with Crippen LogP contribution in [0.4, 0.5) is 0 Å². The Bertz CT molecular complexity index is 282. The molecule has 80 valence electrons. The molecule has 0 nitrogen and oxygen atoms in total. The van der Waals surface area contributed by atoms with Gasteiger partial charge in [-0.15, -0.1) is 13.2 Å². The van der Waals surface area contributed by atoms with Crippen molar-refractivity contribution in [3.05, 3.63) is 37.5 Å². The van der Waals surface area contributed by atoms with E-state index in [-0.39, 0.29) is 0 Å². The quantitative estimate of drug-likeness (QED) is 0.594. The minimum Gasteiger partial charge on any atom is -0.103 e. The molecule has 0 amide bonds.